The van der Waals surface area contributed by atoms with Crippen molar-refractivity contribution >= 4 is 29.3 Å². The van der Waals surface area contributed by atoms with E-state index in [-0.39, 0.29) is 18.3 Å². The molecular formula is C26H25N3O4S. The Kier molecular flexibility index (Phi) is 8.54. The number of carbonyl (C=O) groups is 2. The van der Waals surface area contributed by atoms with Gasteiger partial charge in [-0.05, 0) is 36.8 Å². The lowest BCUT2D eigenvalue weighted by Gasteiger charge is -2.29. The Labute approximate surface area is 203 Å². The summed E-state index contributed by atoms with van der Waals surface area (Å²) in [5.41, 5.74) is 2.70. The number of esters is 1. The molecule has 0 fully saturated rings. The maximum atomic E-state index is 12.9. The van der Waals surface area contributed by atoms with Gasteiger partial charge in [-0.2, -0.15) is 5.26 Å². The molecule has 2 aromatic rings. The number of hydrogen-bond donors (Lipinski definition) is 2. The Bertz CT molecular complexity index is 1160. The Morgan fingerprint density at radius 2 is 1.91 bits per heavy atom. The average molecular weight is 476 g/mol. The highest BCUT2D eigenvalue weighted by Gasteiger charge is 2.35. The largest absolute Gasteiger partial charge is 0.497 e. The molecule has 0 spiro atoms. The number of nitrogens with zero attached hydrogens (tertiary/aromatic N) is 1. The van der Waals surface area contributed by atoms with Crippen LogP contribution in [-0.4, -0.2) is 31.3 Å². The van der Waals surface area contributed by atoms with Gasteiger partial charge in [0.15, 0.2) is 0 Å². The molecule has 174 valence electrons. The van der Waals surface area contributed by atoms with Crippen molar-refractivity contribution in [3.8, 4) is 11.8 Å². The zero-order valence-corrected chi connectivity index (χ0v) is 19.8. The van der Waals surface area contributed by atoms with Crippen LogP contribution in [0.15, 0.2) is 89.1 Å². The molecule has 0 bridgehead atoms. The summed E-state index contributed by atoms with van der Waals surface area (Å²) in [5.74, 6) is -0.593. The summed E-state index contributed by atoms with van der Waals surface area (Å²) in [5, 5.41) is 16.5. The first-order valence-electron chi connectivity index (χ1n) is 10.5. The first-order chi connectivity index (χ1) is 16.5. The van der Waals surface area contributed by atoms with E-state index in [0.717, 1.165) is 5.56 Å². The molecule has 34 heavy (non-hydrogen) atoms. The summed E-state index contributed by atoms with van der Waals surface area (Å²) in [6.45, 7) is 5.40. The molecule has 1 atom stereocenters. The van der Waals surface area contributed by atoms with Crippen LogP contribution >= 0.6 is 11.8 Å². The fourth-order valence-corrected chi connectivity index (χ4v) is 4.39. The second-order valence-corrected chi connectivity index (χ2v) is 8.30. The fourth-order valence-electron chi connectivity index (χ4n) is 3.50. The lowest BCUT2D eigenvalue weighted by molar-refractivity contribution is -0.138. The molecule has 8 heteroatoms. The van der Waals surface area contributed by atoms with Crippen molar-refractivity contribution in [1.29, 1.82) is 5.26 Å². The monoisotopic (exact) mass is 475 g/mol. The number of carbonyl (C=O) groups excluding carboxylic acids is 2. The number of allylic oxidation sites excluding steroid dienone is 2. The average Bonchev–Trinajstić information content (AvgIpc) is 2.86. The molecule has 0 saturated heterocycles. The maximum Gasteiger partial charge on any atom is 0.337 e. The minimum Gasteiger partial charge on any atom is -0.497 e. The minimum absolute atomic E-state index is 0.0653. The summed E-state index contributed by atoms with van der Waals surface area (Å²) in [7, 11) is 1.58. The highest BCUT2D eigenvalue weighted by atomic mass is 32.2. The molecule has 1 heterocycles. The van der Waals surface area contributed by atoms with Crippen LogP contribution in [0.25, 0.3) is 0 Å². The Morgan fingerprint density at radius 3 is 2.53 bits per heavy atom. The SMILES string of the molecule is C=CCOC(=O)C1=C(C)NC(SCC(=O)Nc2ccc(OC)cc2)=C(C#N)[C@@H]1c1ccccc1. The molecular weight excluding hydrogens is 450 g/mol. The van der Waals surface area contributed by atoms with Crippen LogP contribution < -0.4 is 15.4 Å². The molecule has 0 radical (unpaired) electrons. The molecule has 0 aromatic heterocycles. The van der Waals surface area contributed by atoms with Gasteiger partial charge in [0.25, 0.3) is 0 Å². The molecule has 2 aromatic carbocycles. The van der Waals surface area contributed by atoms with E-state index in [0.29, 0.717) is 33.3 Å². The summed E-state index contributed by atoms with van der Waals surface area (Å²) in [6.07, 6.45) is 1.49. The first-order valence-corrected chi connectivity index (χ1v) is 11.5. The smallest absolute Gasteiger partial charge is 0.337 e. The van der Waals surface area contributed by atoms with Crippen molar-refractivity contribution in [2.24, 2.45) is 0 Å². The van der Waals surface area contributed by atoms with E-state index in [2.05, 4.69) is 23.3 Å². The van der Waals surface area contributed by atoms with Gasteiger partial charge < -0.3 is 20.1 Å². The van der Waals surface area contributed by atoms with Crippen molar-refractivity contribution in [3.63, 3.8) is 0 Å². The van der Waals surface area contributed by atoms with Crippen LogP contribution in [0.5, 0.6) is 5.75 Å². The molecule has 3 rings (SSSR count). The third-order valence-corrected chi connectivity index (χ3v) is 6.07. The van der Waals surface area contributed by atoms with Gasteiger partial charge in [0.1, 0.15) is 12.4 Å². The second kappa shape index (κ2) is 11.8. The summed E-state index contributed by atoms with van der Waals surface area (Å²) >= 11 is 1.21. The molecule has 0 saturated carbocycles. The van der Waals surface area contributed by atoms with E-state index < -0.39 is 11.9 Å². The third-order valence-electron chi connectivity index (χ3n) is 5.05. The number of methoxy groups -OCH3 is 1. The van der Waals surface area contributed by atoms with Gasteiger partial charge in [-0.3, -0.25) is 4.79 Å². The highest BCUT2D eigenvalue weighted by Crippen LogP contribution is 2.40. The molecule has 2 N–H and O–H groups in total. The van der Waals surface area contributed by atoms with E-state index in [1.807, 2.05) is 30.3 Å². The normalized spacial score (nSPS) is 15.1. The summed E-state index contributed by atoms with van der Waals surface area (Å²) < 4.78 is 10.4. The molecule has 0 aliphatic carbocycles. The van der Waals surface area contributed by atoms with Gasteiger partial charge in [0, 0.05) is 11.4 Å². The quantitative estimate of drug-likeness (QED) is 0.407. The Balaban J connectivity index is 1.84. The predicted octanol–water partition coefficient (Wildman–Crippen LogP) is 4.49. The maximum absolute atomic E-state index is 12.9. The van der Waals surface area contributed by atoms with Gasteiger partial charge in [0.05, 0.1) is 41.0 Å². The van der Waals surface area contributed by atoms with Crippen molar-refractivity contribution < 1.29 is 19.1 Å². The predicted molar refractivity (Wildman–Crippen MR) is 133 cm³/mol. The van der Waals surface area contributed by atoms with Crippen LogP contribution in [0, 0.1) is 11.3 Å². The number of benzene rings is 2. The second-order valence-electron chi connectivity index (χ2n) is 7.31. The molecule has 0 unspecified atom stereocenters. The Morgan fingerprint density at radius 1 is 1.21 bits per heavy atom. The third kappa shape index (κ3) is 5.88. The van der Waals surface area contributed by atoms with Gasteiger partial charge in [0.2, 0.25) is 5.91 Å². The standard InChI is InChI=1S/C26H25N3O4S/c1-4-14-33-26(31)23-17(2)28-25(21(15-27)24(23)18-8-6-5-7-9-18)34-16-22(30)29-19-10-12-20(32-3)13-11-19/h4-13,24,28H,1,14,16H2,2-3H3,(H,29,30)/t24-/m0/s1. The van der Waals surface area contributed by atoms with Crippen molar-refractivity contribution in [1.82, 2.24) is 5.32 Å². The number of nitriles is 1. The van der Waals surface area contributed by atoms with Crippen molar-refractivity contribution in [2.75, 3.05) is 24.8 Å². The highest BCUT2D eigenvalue weighted by molar-refractivity contribution is 8.03. The zero-order valence-electron chi connectivity index (χ0n) is 19.0. The number of thioether (sulfide) groups is 1. The number of dihydropyridines is 1. The minimum atomic E-state index is -0.614. The van der Waals surface area contributed by atoms with Crippen LogP contribution in [0.4, 0.5) is 5.69 Å². The van der Waals surface area contributed by atoms with Gasteiger partial charge >= 0.3 is 5.97 Å². The van der Waals surface area contributed by atoms with Crippen LogP contribution in [0.3, 0.4) is 0 Å². The fraction of sp³-hybridized carbons (Fsp3) is 0.192. The van der Waals surface area contributed by atoms with E-state index in [4.69, 9.17) is 9.47 Å². The number of ether oxygens (including phenoxy) is 2. The number of rotatable bonds is 9. The van der Waals surface area contributed by atoms with Gasteiger partial charge in [-0.25, -0.2) is 4.79 Å². The zero-order chi connectivity index (χ0) is 24.5. The molecule has 1 aliphatic rings. The van der Waals surface area contributed by atoms with Crippen molar-refractivity contribution in [2.45, 2.75) is 12.8 Å². The van der Waals surface area contributed by atoms with Crippen LogP contribution in [0.1, 0.15) is 18.4 Å². The first kappa shape index (κ1) is 24.7. The number of amides is 1. The van der Waals surface area contributed by atoms with Crippen molar-refractivity contribution in [3.05, 3.63) is 94.7 Å². The lowest BCUT2D eigenvalue weighted by atomic mass is 9.82. The molecule has 7 nitrogen and oxygen atoms in total. The van der Waals surface area contributed by atoms with Crippen LogP contribution in [0.2, 0.25) is 0 Å². The summed E-state index contributed by atoms with van der Waals surface area (Å²) in [6, 6.07) is 18.5. The topological polar surface area (TPSA) is 100 Å². The van der Waals surface area contributed by atoms with E-state index in [9.17, 15) is 14.9 Å². The van der Waals surface area contributed by atoms with Crippen LogP contribution in [-0.2, 0) is 14.3 Å². The Hall–Kier alpha value is -3.96. The van der Waals surface area contributed by atoms with Gasteiger partial charge in [-0.15, -0.1) is 0 Å². The molecule has 1 amide bonds. The number of nitrogens with one attached hydrogen (secondary N) is 2. The lowest BCUT2D eigenvalue weighted by Crippen LogP contribution is -2.29. The van der Waals surface area contributed by atoms with Gasteiger partial charge in [-0.1, -0.05) is 54.7 Å². The van der Waals surface area contributed by atoms with E-state index in [1.165, 1.54) is 17.8 Å². The van der Waals surface area contributed by atoms with E-state index >= 15 is 0 Å². The number of hydrogen-bond acceptors (Lipinski definition) is 7. The van der Waals surface area contributed by atoms with E-state index in [1.54, 1.807) is 38.3 Å². The summed E-state index contributed by atoms with van der Waals surface area (Å²) in [4.78, 5) is 25.4. The molecule has 1 aliphatic heterocycles. The number of anilines is 1.